The number of hydrogen-bond donors (Lipinski definition) is 1. The van der Waals surface area contributed by atoms with E-state index in [1.807, 2.05) is 0 Å². The molecule has 0 unspecified atom stereocenters. The Labute approximate surface area is 210 Å². The number of halogens is 3. The standard InChI is InChI=1S/C25H23ClF2N4O4/c1-14-8-22(36-12-16-4-5-17(27)9-19(16)28)24(26)25(35)32(14)18-6-7-20-21(10-18)30(15(2)33)13-31(20)23(34)11-29-3/h4-10,29H,11-13H2,1-3H3. The number of nitrogens with zero attached hydrogens (tertiary/aromatic N) is 3. The molecular formula is C25H23ClF2N4O4. The third-order valence-corrected chi connectivity index (χ3v) is 6.14. The number of carbonyl (C=O) groups excluding carboxylic acids is 2. The molecule has 0 aliphatic carbocycles. The van der Waals surface area contributed by atoms with Crippen LogP contribution in [0.15, 0.2) is 47.3 Å². The summed E-state index contributed by atoms with van der Waals surface area (Å²) >= 11 is 6.31. The number of rotatable bonds is 6. The Morgan fingerprint density at radius 1 is 1.08 bits per heavy atom. The molecule has 2 aromatic carbocycles. The number of aromatic nitrogens is 1. The highest BCUT2D eigenvalue weighted by atomic mass is 35.5. The summed E-state index contributed by atoms with van der Waals surface area (Å²) in [5.74, 6) is -1.89. The van der Waals surface area contributed by atoms with Gasteiger partial charge in [-0.1, -0.05) is 11.6 Å². The van der Waals surface area contributed by atoms with Crippen LogP contribution in [0.1, 0.15) is 18.2 Å². The van der Waals surface area contributed by atoms with Gasteiger partial charge >= 0.3 is 0 Å². The lowest BCUT2D eigenvalue weighted by Crippen LogP contribution is -2.41. The van der Waals surface area contributed by atoms with E-state index in [9.17, 15) is 23.2 Å². The predicted molar refractivity (Wildman–Crippen MR) is 132 cm³/mol. The molecule has 1 aromatic heterocycles. The zero-order chi connectivity index (χ0) is 26.1. The maximum atomic E-state index is 13.9. The van der Waals surface area contributed by atoms with Crippen molar-refractivity contribution in [2.45, 2.75) is 20.5 Å². The van der Waals surface area contributed by atoms with E-state index >= 15 is 0 Å². The van der Waals surface area contributed by atoms with Crippen molar-refractivity contribution < 1.29 is 23.1 Å². The summed E-state index contributed by atoms with van der Waals surface area (Å²) < 4.78 is 34.0. The SMILES string of the molecule is CNCC(=O)N1CN(C(C)=O)c2cc(-n3c(C)cc(OCc4ccc(F)cc4F)c(Cl)c3=O)ccc21. The molecular weight excluding hydrogens is 494 g/mol. The van der Waals surface area contributed by atoms with E-state index in [1.54, 1.807) is 32.2 Å². The average Bonchev–Trinajstić information content (AvgIpc) is 3.21. The van der Waals surface area contributed by atoms with Crippen molar-refractivity contribution in [1.82, 2.24) is 9.88 Å². The number of hydrogen-bond acceptors (Lipinski definition) is 5. The van der Waals surface area contributed by atoms with Crippen molar-refractivity contribution in [3.63, 3.8) is 0 Å². The molecule has 0 fully saturated rings. The number of aryl methyl sites for hydroxylation is 1. The smallest absolute Gasteiger partial charge is 0.277 e. The zero-order valence-corrected chi connectivity index (χ0v) is 20.5. The monoisotopic (exact) mass is 516 g/mol. The topological polar surface area (TPSA) is 83.9 Å². The Bertz CT molecular complexity index is 1430. The van der Waals surface area contributed by atoms with Gasteiger partial charge < -0.3 is 10.1 Å². The lowest BCUT2D eigenvalue weighted by molar-refractivity contribution is -0.117. The molecule has 2 amide bonds. The van der Waals surface area contributed by atoms with E-state index in [1.165, 1.54) is 33.4 Å². The third kappa shape index (κ3) is 4.69. The molecule has 1 aliphatic rings. The number of benzene rings is 2. The van der Waals surface area contributed by atoms with Gasteiger partial charge in [0.25, 0.3) is 5.56 Å². The molecule has 0 spiro atoms. The van der Waals surface area contributed by atoms with E-state index in [-0.39, 0.29) is 48.0 Å². The lowest BCUT2D eigenvalue weighted by Gasteiger charge is -2.17. The van der Waals surface area contributed by atoms with Gasteiger partial charge in [-0.2, -0.15) is 0 Å². The molecule has 0 radical (unpaired) electrons. The number of nitrogens with one attached hydrogen (secondary N) is 1. The molecule has 2 heterocycles. The fourth-order valence-electron chi connectivity index (χ4n) is 4.02. The lowest BCUT2D eigenvalue weighted by atomic mass is 10.2. The summed E-state index contributed by atoms with van der Waals surface area (Å²) in [5.41, 5.74) is 1.46. The predicted octanol–water partition coefficient (Wildman–Crippen LogP) is 3.53. The molecule has 1 N–H and O–H groups in total. The maximum absolute atomic E-state index is 13.9. The van der Waals surface area contributed by atoms with Crippen LogP contribution >= 0.6 is 11.6 Å². The Morgan fingerprint density at radius 3 is 2.50 bits per heavy atom. The molecule has 4 rings (SSSR count). The number of anilines is 2. The van der Waals surface area contributed by atoms with Crippen molar-refractivity contribution in [2.75, 3.05) is 30.1 Å². The van der Waals surface area contributed by atoms with Gasteiger partial charge in [-0.25, -0.2) is 8.78 Å². The number of likely N-dealkylation sites (N-methyl/N-ethyl adjacent to an activating group) is 1. The second-order valence-electron chi connectivity index (χ2n) is 8.24. The minimum absolute atomic E-state index is 0.0505. The second-order valence-corrected chi connectivity index (χ2v) is 8.62. The molecule has 3 aromatic rings. The maximum Gasteiger partial charge on any atom is 0.277 e. The Kier molecular flexibility index (Phi) is 7.09. The van der Waals surface area contributed by atoms with Gasteiger partial charge in [0.1, 0.15) is 35.7 Å². The molecule has 36 heavy (non-hydrogen) atoms. The van der Waals surface area contributed by atoms with Crippen molar-refractivity contribution in [2.24, 2.45) is 0 Å². The van der Waals surface area contributed by atoms with Gasteiger partial charge in [0, 0.05) is 30.3 Å². The van der Waals surface area contributed by atoms with Gasteiger partial charge in [0.05, 0.1) is 23.6 Å². The molecule has 0 saturated heterocycles. The Morgan fingerprint density at radius 2 is 1.83 bits per heavy atom. The highest BCUT2D eigenvalue weighted by molar-refractivity contribution is 6.31. The third-order valence-electron chi connectivity index (χ3n) is 5.79. The van der Waals surface area contributed by atoms with Crippen molar-refractivity contribution in [3.05, 3.63) is 80.7 Å². The van der Waals surface area contributed by atoms with Crippen LogP contribution in [0, 0.1) is 18.6 Å². The summed E-state index contributed by atoms with van der Waals surface area (Å²) in [4.78, 5) is 40.9. The number of carbonyl (C=O) groups is 2. The minimum atomic E-state index is -0.772. The summed E-state index contributed by atoms with van der Waals surface area (Å²) in [6.45, 7) is 2.98. The van der Waals surface area contributed by atoms with E-state index < -0.39 is 17.2 Å². The Balaban J connectivity index is 1.69. The molecule has 11 heteroatoms. The van der Waals surface area contributed by atoms with Gasteiger partial charge in [-0.3, -0.25) is 28.8 Å². The van der Waals surface area contributed by atoms with E-state index in [4.69, 9.17) is 16.3 Å². The minimum Gasteiger partial charge on any atom is -0.487 e. The molecule has 0 bridgehead atoms. The largest absolute Gasteiger partial charge is 0.487 e. The number of fused-ring (bicyclic) bond motifs is 1. The van der Waals surface area contributed by atoms with Crippen molar-refractivity contribution in [1.29, 1.82) is 0 Å². The fraction of sp³-hybridized carbons (Fsp3) is 0.240. The van der Waals surface area contributed by atoms with Crippen LogP contribution in [0.25, 0.3) is 5.69 Å². The van der Waals surface area contributed by atoms with Crippen LogP contribution in [-0.4, -0.2) is 36.6 Å². The van der Waals surface area contributed by atoms with Crippen LogP contribution in [0.5, 0.6) is 5.75 Å². The van der Waals surface area contributed by atoms with Gasteiger partial charge in [0.2, 0.25) is 11.8 Å². The molecule has 188 valence electrons. The first-order valence-electron chi connectivity index (χ1n) is 11.0. The Hall–Kier alpha value is -3.76. The number of amides is 2. The van der Waals surface area contributed by atoms with Crippen molar-refractivity contribution in [3.8, 4) is 11.4 Å². The number of pyridine rings is 1. The highest BCUT2D eigenvalue weighted by Crippen LogP contribution is 2.38. The summed E-state index contributed by atoms with van der Waals surface area (Å²) in [5, 5.41) is 2.58. The first-order valence-corrected chi connectivity index (χ1v) is 11.4. The summed E-state index contributed by atoms with van der Waals surface area (Å²) in [7, 11) is 1.66. The summed E-state index contributed by atoms with van der Waals surface area (Å²) in [6, 6.07) is 9.60. The highest BCUT2D eigenvalue weighted by Gasteiger charge is 2.32. The molecule has 0 saturated carbocycles. The van der Waals surface area contributed by atoms with Crippen LogP contribution < -0.4 is 25.4 Å². The number of ether oxygens (including phenoxy) is 1. The average molecular weight is 517 g/mol. The van der Waals surface area contributed by atoms with Gasteiger partial charge in [-0.05, 0) is 44.3 Å². The zero-order valence-electron chi connectivity index (χ0n) is 19.8. The first kappa shape index (κ1) is 25.3. The van der Waals surface area contributed by atoms with Crippen LogP contribution in [0.2, 0.25) is 5.02 Å². The van der Waals surface area contributed by atoms with E-state index in [2.05, 4.69) is 5.32 Å². The first-order chi connectivity index (χ1) is 17.1. The molecule has 1 aliphatic heterocycles. The quantitative estimate of drug-likeness (QED) is 0.542. The van der Waals surface area contributed by atoms with Crippen molar-refractivity contribution >= 4 is 34.8 Å². The molecule has 8 nitrogen and oxygen atoms in total. The summed E-state index contributed by atoms with van der Waals surface area (Å²) in [6.07, 6.45) is 0. The van der Waals surface area contributed by atoms with Gasteiger partial charge in [-0.15, -0.1) is 0 Å². The fourth-order valence-corrected chi connectivity index (χ4v) is 4.21. The van der Waals surface area contributed by atoms with E-state index in [0.717, 1.165) is 12.1 Å². The van der Waals surface area contributed by atoms with Crippen LogP contribution in [0.4, 0.5) is 20.2 Å². The van der Waals surface area contributed by atoms with Crippen LogP contribution in [0.3, 0.4) is 0 Å². The van der Waals surface area contributed by atoms with Crippen LogP contribution in [-0.2, 0) is 16.2 Å². The normalized spacial score (nSPS) is 12.6. The second kappa shape index (κ2) is 10.1. The van der Waals surface area contributed by atoms with Gasteiger partial charge in [0.15, 0.2) is 0 Å². The molecule has 0 atom stereocenters. The van der Waals surface area contributed by atoms with E-state index in [0.29, 0.717) is 22.8 Å².